The van der Waals surface area contributed by atoms with Crippen molar-refractivity contribution in [2.45, 2.75) is 6.42 Å². The Morgan fingerprint density at radius 2 is 1.52 bits per heavy atom. The zero-order valence-electron chi connectivity index (χ0n) is 15.8. The maximum Gasteiger partial charge on any atom is 0.265 e. The van der Waals surface area contributed by atoms with Crippen molar-refractivity contribution in [2.75, 3.05) is 26.2 Å². The highest BCUT2D eigenvalue weighted by Crippen LogP contribution is 2.26. The minimum Gasteiger partial charge on any atom is -0.337 e. The lowest BCUT2D eigenvalue weighted by atomic mass is 10.2. The molecule has 1 saturated heterocycles. The van der Waals surface area contributed by atoms with Crippen LogP contribution >= 0.6 is 11.3 Å². The molecular weight excluding hydrogens is 389 g/mol. The average molecular weight is 409 g/mol. The molecule has 3 aromatic rings. The Morgan fingerprint density at radius 3 is 2.24 bits per heavy atom. The van der Waals surface area contributed by atoms with Crippen LogP contribution in [0.25, 0.3) is 10.6 Å². The minimum absolute atomic E-state index is 0.0715. The van der Waals surface area contributed by atoms with Gasteiger partial charge in [0.15, 0.2) is 0 Å². The number of benzene rings is 2. The molecule has 0 spiro atoms. The molecule has 0 aliphatic carbocycles. The molecule has 1 aliphatic rings. The van der Waals surface area contributed by atoms with Gasteiger partial charge in [-0.2, -0.15) is 0 Å². The van der Waals surface area contributed by atoms with E-state index >= 15 is 0 Å². The van der Waals surface area contributed by atoms with Gasteiger partial charge in [0.25, 0.3) is 11.8 Å². The summed E-state index contributed by atoms with van der Waals surface area (Å²) in [5, 5.41) is 0.806. The Morgan fingerprint density at radius 1 is 0.862 bits per heavy atom. The highest BCUT2D eigenvalue weighted by molar-refractivity contribution is 7.16. The number of carbonyl (C=O) groups excluding carboxylic acids is 2. The van der Waals surface area contributed by atoms with Crippen molar-refractivity contribution in [3.05, 3.63) is 77.1 Å². The van der Waals surface area contributed by atoms with Crippen LogP contribution in [0.2, 0.25) is 0 Å². The Labute approximate surface area is 172 Å². The first-order valence-corrected chi connectivity index (χ1v) is 10.3. The second-order valence-electron chi connectivity index (χ2n) is 6.81. The molecule has 0 bridgehead atoms. The molecule has 0 atom stereocenters. The van der Waals surface area contributed by atoms with Crippen LogP contribution in [0.15, 0.2) is 60.8 Å². The molecule has 2 aromatic carbocycles. The monoisotopic (exact) mass is 409 g/mol. The van der Waals surface area contributed by atoms with Crippen molar-refractivity contribution in [1.82, 2.24) is 14.8 Å². The third-order valence-corrected chi connectivity index (χ3v) is 5.95. The summed E-state index contributed by atoms with van der Waals surface area (Å²) in [5.41, 5.74) is 1.05. The molecule has 1 fully saturated rings. The number of halogens is 1. The maximum absolute atomic E-state index is 13.9. The molecule has 148 valence electrons. The standard InChI is InChI=1S/C22H20FN3O2S/c23-18-10-5-4-9-17(18)21(27)25-11-6-12-26(14-13-25)22(28)19-15-24-20(29-19)16-7-2-1-3-8-16/h1-5,7-10,15H,6,11-14H2. The summed E-state index contributed by atoms with van der Waals surface area (Å²) < 4.78 is 13.9. The third-order valence-electron chi connectivity index (χ3n) is 4.91. The number of carbonyl (C=O) groups is 2. The lowest BCUT2D eigenvalue weighted by Gasteiger charge is -2.22. The summed E-state index contributed by atoms with van der Waals surface area (Å²) in [6.45, 7) is 1.84. The smallest absolute Gasteiger partial charge is 0.265 e. The second kappa shape index (κ2) is 8.53. The molecule has 0 radical (unpaired) electrons. The van der Waals surface area contributed by atoms with Crippen LogP contribution in [0, 0.1) is 5.82 Å². The first-order chi connectivity index (χ1) is 14.1. The van der Waals surface area contributed by atoms with E-state index in [0.29, 0.717) is 37.5 Å². The zero-order valence-corrected chi connectivity index (χ0v) is 16.6. The van der Waals surface area contributed by atoms with E-state index in [1.807, 2.05) is 30.3 Å². The van der Waals surface area contributed by atoms with E-state index in [9.17, 15) is 14.0 Å². The highest BCUT2D eigenvalue weighted by Gasteiger charge is 2.25. The van der Waals surface area contributed by atoms with Crippen molar-refractivity contribution in [3.63, 3.8) is 0 Å². The van der Waals surface area contributed by atoms with Crippen LogP contribution in [0.3, 0.4) is 0 Å². The van der Waals surface area contributed by atoms with E-state index in [4.69, 9.17) is 0 Å². The molecule has 1 aliphatic heterocycles. The van der Waals surface area contributed by atoms with Gasteiger partial charge in [0.05, 0.1) is 11.8 Å². The molecule has 2 heterocycles. The number of nitrogens with zero attached hydrogens (tertiary/aromatic N) is 3. The molecule has 4 rings (SSSR count). The van der Waals surface area contributed by atoms with Gasteiger partial charge in [0, 0.05) is 31.7 Å². The van der Waals surface area contributed by atoms with Crippen LogP contribution in [-0.4, -0.2) is 52.8 Å². The summed E-state index contributed by atoms with van der Waals surface area (Å²) >= 11 is 1.37. The Kier molecular flexibility index (Phi) is 5.67. The SMILES string of the molecule is O=C(c1cnc(-c2ccccc2)s1)N1CCCN(C(=O)c2ccccc2F)CC1. The van der Waals surface area contributed by atoms with Gasteiger partial charge >= 0.3 is 0 Å². The van der Waals surface area contributed by atoms with Gasteiger partial charge in [-0.1, -0.05) is 42.5 Å². The second-order valence-corrected chi connectivity index (χ2v) is 7.84. The third kappa shape index (κ3) is 4.19. The predicted molar refractivity (Wildman–Crippen MR) is 110 cm³/mol. The van der Waals surface area contributed by atoms with Gasteiger partial charge < -0.3 is 9.80 Å². The van der Waals surface area contributed by atoms with Gasteiger partial charge in [-0.15, -0.1) is 11.3 Å². The summed E-state index contributed by atoms with van der Waals surface area (Å²) in [6, 6.07) is 15.7. The summed E-state index contributed by atoms with van der Waals surface area (Å²) in [5.74, 6) is -0.931. The van der Waals surface area contributed by atoms with Gasteiger partial charge in [-0.05, 0) is 18.6 Å². The summed E-state index contributed by atoms with van der Waals surface area (Å²) in [6.07, 6.45) is 2.26. The minimum atomic E-state index is -0.521. The van der Waals surface area contributed by atoms with Gasteiger partial charge in [0.2, 0.25) is 0 Å². The zero-order chi connectivity index (χ0) is 20.2. The molecule has 0 N–H and O–H groups in total. The largest absolute Gasteiger partial charge is 0.337 e. The van der Waals surface area contributed by atoms with E-state index in [2.05, 4.69) is 4.98 Å². The van der Waals surface area contributed by atoms with Crippen LogP contribution in [0.5, 0.6) is 0 Å². The molecule has 5 nitrogen and oxygen atoms in total. The molecule has 7 heteroatoms. The van der Waals surface area contributed by atoms with E-state index in [-0.39, 0.29) is 17.4 Å². The van der Waals surface area contributed by atoms with Crippen LogP contribution in [0.1, 0.15) is 26.5 Å². The van der Waals surface area contributed by atoms with E-state index < -0.39 is 5.82 Å². The van der Waals surface area contributed by atoms with E-state index in [0.717, 1.165) is 10.6 Å². The van der Waals surface area contributed by atoms with Crippen molar-refractivity contribution in [1.29, 1.82) is 0 Å². The van der Waals surface area contributed by atoms with Gasteiger partial charge in [-0.3, -0.25) is 9.59 Å². The molecule has 29 heavy (non-hydrogen) atoms. The first kappa shape index (κ1) is 19.3. The van der Waals surface area contributed by atoms with Crippen LogP contribution < -0.4 is 0 Å². The van der Waals surface area contributed by atoms with Crippen LogP contribution in [0.4, 0.5) is 4.39 Å². The lowest BCUT2D eigenvalue weighted by molar-refractivity contribution is 0.0718. The predicted octanol–water partition coefficient (Wildman–Crippen LogP) is 3.94. The fraction of sp³-hybridized carbons (Fsp3) is 0.227. The Balaban J connectivity index is 1.43. The normalized spacial score (nSPS) is 14.5. The van der Waals surface area contributed by atoms with Crippen molar-refractivity contribution in [2.24, 2.45) is 0 Å². The van der Waals surface area contributed by atoms with Crippen molar-refractivity contribution < 1.29 is 14.0 Å². The average Bonchev–Trinajstić information content (AvgIpc) is 3.12. The first-order valence-electron chi connectivity index (χ1n) is 9.48. The lowest BCUT2D eigenvalue weighted by Crippen LogP contribution is -2.37. The number of amides is 2. The Hall–Kier alpha value is -3.06. The topological polar surface area (TPSA) is 53.5 Å². The van der Waals surface area contributed by atoms with E-state index in [1.54, 1.807) is 28.1 Å². The van der Waals surface area contributed by atoms with Crippen molar-refractivity contribution >= 4 is 23.2 Å². The quantitative estimate of drug-likeness (QED) is 0.659. The summed E-state index contributed by atoms with van der Waals surface area (Å²) in [4.78, 5) is 33.9. The van der Waals surface area contributed by atoms with Crippen LogP contribution in [-0.2, 0) is 0 Å². The molecule has 2 amide bonds. The highest BCUT2D eigenvalue weighted by atomic mass is 32.1. The number of hydrogen-bond donors (Lipinski definition) is 0. The van der Waals surface area contributed by atoms with Gasteiger partial charge in [0.1, 0.15) is 15.7 Å². The number of rotatable bonds is 3. The van der Waals surface area contributed by atoms with E-state index in [1.165, 1.54) is 23.5 Å². The Bertz CT molecular complexity index is 1020. The number of hydrogen-bond acceptors (Lipinski definition) is 4. The molecular formula is C22H20FN3O2S. The number of thiazole rings is 1. The molecule has 0 unspecified atom stereocenters. The van der Waals surface area contributed by atoms with Gasteiger partial charge in [-0.25, -0.2) is 9.37 Å². The molecule has 0 saturated carbocycles. The molecule has 1 aromatic heterocycles. The maximum atomic E-state index is 13.9. The fourth-order valence-corrected chi connectivity index (χ4v) is 4.26. The number of aromatic nitrogens is 1. The van der Waals surface area contributed by atoms with Crippen molar-refractivity contribution in [3.8, 4) is 10.6 Å². The fourth-order valence-electron chi connectivity index (χ4n) is 3.37. The summed E-state index contributed by atoms with van der Waals surface area (Å²) in [7, 11) is 0.